The highest BCUT2D eigenvalue weighted by Crippen LogP contribution is 2.31. The van der Waals surface area contributed by atoms with E-state index in [1.54, 1.807) is 6.07 Å². The second kappa shape index (κ2) is 10.8. The number of fused-ring (bicyclic) bond motifs is 1. The van der Waals surface area contributed by atoms with Crippen LogP contribution in [0.15, 0.2) is 18.2 Å². The maximum Gasteiger partial charge on any atom is 0.547 e. The molecule has 0 unspecified atom stereocenters. The van der Waals surface area contributed by atoms with Crippen molar-refractivity contribution in [2.24, 2.45) is 0 Å². The molecule has 0 aromatic heterocycles. The molecule has 2 aliphatic rings. The van der Waals surface area contributed by atoms with Crippen LogP contribution in [0.25, 0.3) is 0 Å². The Hall–Kier alpha value is -2.89. The van der Waals surface area contributed by atoms with E-state index in [1.165, 1.54) is 19.1 Å². The number of rotatable bonds is 7. The first-order chi connectivity index (χ1) is 15.7. The SMILES string of the molecule is CCC(F)(F)C(=O)N[C@H]1Cc2cccc(C(=O)OCOC(=O)OC3CCCCC3)c2OB1O. The van der Waals surface area contributed by atoms with Crippen LogP contribution in [0.4, 0.5) is 13.6 Å². The third-order valence-corrected chi connectivity index (χ3v) is 5.61. The van der Waals surface area contributed by atoms with Gasteiger partial charge in [-0.05, 0) is 43.7 Å². The van der Waals surface area contributed by atoms with Crippen LogP contribution in [-0.4, -0.2) is 54.9 Å². The molecule has 1 aromatic rings. The van der Waals surface area contributed by atoms with E-state index in [4.69, 9.17) is 18.9 Å². The van der Waals surface area contributed by atoms with Gasteiger partial charge in [0.25, 0.3) is 5.91 Å². The summed E-state index contributed by atoms with van der Waals surface area (Å²) in [5.74, 6) is -7.12. The molecule has 1 atom stereocenters. The van der Waals surface area contributed by atoms with E-state index in [9.17, 15) is 28.2 Å². The Morgan fingerprint density at radius 1 is 1.21 bits per heavy atom. The number of hydrogen-bond donors (Lipinski definition) is 2. The van der Waals surface area contributed by atoms with Crippen molar-refractivity contribution in [3.63, 3.8) is 0 Å². The smallest absolute Gasteiger partial charge is 0.534 e. The van der Waals surface area contributed by atoms with Gasteiger partial charge >= 0.3 is 25.2 Å². The predicted octanol–water partition coefficient (Wildman–Crippen LogP) is 2.77. The molecule has 1 aliphatic carbocycles. The van der Waals surface area contributed by atoms with Crippen LogP contribution in [0.2, 0.25) is 0 Å². The third kappa shape index (κ3) is 6.34. The summed E-state index contributed by atoms with van der Waals surface area (Å²) in [6, 6.07) is 4.44. The first-order valence-electron chi connectivity index (χ1n) is 10.9. The van der Waals surface area contributed by atoms with Crippen LogP contribution in [0.1, 0.15) is 61.4 Å². The molecule has 0 saturated heterocycles. The number of hydrogen-bond acceptors (Lipinski definition) is 8. The van der Waals surface area contributed by atoms with Gasteiger partial charge in [0, 0.05) is 6.42 Å². The Morgan fingerprint density at radius 2 is 1.94 bits per heavy atom. The highest BCUT2D eigenvalue weighted by molar-refractivity contribution is 6.47. The largest absolute Gasteiger partial charge is 0.547 e. The van der Waals surface area contributed by atoms with Crippen molar-refractivity contribution in [3.8, 4) is 5.75 Å². The van der Waals surface area contributed by atoms with Gasteiger partial charge in [0.2, 0.25) is 6.79 Å². The van der Waals surface area contributed by atoms with E-state index in [-0.39, 0.29) is 23.8 Å². The summed E-state index contributed by atoms with van der Waals surface area (Å²) in [6.07, 6.45) is 2.71. The van der Waals surface area contributed by atoms with Gasteiger partial charge in [0.1, 0.15) is 17.4 Å². The molecule has 0 bridgehead atoms. The van der Waals surface area contributed by atoms with Gasteiger partial charge in [-0.2, -0.15) is 8.78 Å². The van der Waals surface area contributed by atoms with E-state index in [2.05, 4.69) is 5.32 Å². The number of ether oxygens (including phenoxy) is 3. The van der Waals surface area contributed by atoms with Crippen LogP contribution in [0.3, 0.4) is 0 Å². The minimum absolute atomic E-state index is 0.00691. The average Bonchev–Trinajstić information content (AvgIpc) is 2.79. The van der Waals surface area contributed by atoms with Crippen LogP contribution in [-0.2, 0) is 25.4 Å². The fourth-order valence-corrected chi connectivity index (χ4v) is 3.70. The zero-order valence-electron chi connectivity index (χ0n) is 18.2. The van der Waals surface area contributed by atoms with Gasteiger partial charge in [-0.15, -0.1) is 0 Å². The molecule has 1 fully saturated rings. The normalized spacial score (nSPS) is 18.5. The zero-order chi connectivity index (χ0) is 24.0. The number of amides is 1. The predicted molar refractivity (Wildman–Crippen MR) is 111 cm³/mol. The summed E-state index contributed by atoms with van der Waals surface area (Å²) in [7, 11) is -1.66. The monoisotopic (exact) mass is 469 g/mol. The maximum absolute atomic E-state index is 13.6. The molecule has 2 N–H and O–H groups in total. The summed E-state index contributed by atoms with van der Waals surface area (Å²) >= 11 is 0. The first-order valence-corrected chi connectivity index (χ1v) is 10.9. The molecule has 33 heavy (non-hydrogen) atoms. The lowest BCUT2D eigenvalue weighted by Crippen LogP contribution is -2.56. The number of carbonyl (C=O) groups excluding carboxylic acids is 3. The summed E-state index contributed by atoms with van der Waals surface area (Å²) < 4.78 is 47.4. The molecule has 1 aromatic carbocycles. The number of alkyl halides is 2. The van der Waals surface area contributed by atoms with Gasteiger partial charge in [0.05, 0.1) is 5.94 Å². The Kier molecular flexibility index (Phi) is 8.12. The van der Waals surface area contributed by atoms with E-state index >= 15 is 0 Å². The highest BCUT2D eigenvalue weighted by atomic mass is 19.3. The van der Waals surface area contributed by atoms with Crippen LogP contribution >= 0.6 is 0 Å². The summed E-state index contributed by atoms with van der Waals surface area (Å²) in [6.45, 7) is 0.487. The van der Waals surface area contributed by atoms with Crippen LogP contribution in [0.5, 0.6) is 5.75 Å². The first kappa shape index (κ1) is 24.8. The van der Waals surface area contributed by atoms with Crippen LogP contribution < -0.4 is 9.97 Å². The maximum atomic E-state index is 13.6. The standard InChI is InChI=1S/C21H26BF2NO8/c1-2-21(23,24)19(27)25-16-11-13-7-6-10-15(17(13)33-22(16)29)18(26)30-12-31-20(28)32-14-8-4-3-5-9-14/h6-7,10,14,16,29H,2-5,8-9,11-12H2,1H3,(H,25,27)/t16-/m0/s1. The Balaban J connectivity index is 1.56. The van der Waals surface area contributed by atoms with E-state index in [0.717, 1.165) is 32.1 Å². The van der Waals surface area contributed by atoms with Gasteiger partial charge in [-0.3, -0.25) is 4.79 Å². The topological polar surface area (TPSA) is 120 Å². The molecule has 3 rings (SSSR count). The molecule has 0 radical (unpaired) electrons. The van der Waals surface area contributed by atoms with Gasteiger partial charge in [0.15, 0.2) is 0 Å². The Morgan fingerprint density at radius 3 is 2.64 bits per heavy atom. The molecular weight excluding hydrogens is 443 g/mol. The highest BCUT2D eigenvalue weighted by Gasteiger charge is 2.43. The van der Waals surface area contributed by atoms with Gasteiger partial charge < -0.3 is 29.2 Å². The molecule has 12 heteroatoms. The fourth-order valence-electron chi connectivity index (χ4n) is 3.70. The lowest BCUT2D eigenvalue weighted by molar-refractivity contribution is -0.146. The average molecular weight is 469 g/mol. The summed E-state index contributed by atoms with van der Waals surface area (Å²) in [4.78, 5) is 35.9. The lowest BCUT2D eigenvalue weighted by Gasteiger charge is -2.30. The van der Waals surface area contributed by atoms with Gasteiger partial charge in [-0.25, -0.2) is 9.59 Å². The Labute approximate surface area is 189 Å². The molecular formula is C21H26BF2NO8. The molecule has 9 nitrogen and oxygen atoms in total. The van der Waals surface area contributed by atoms with Crippen LogP contribution in [0, 0.1) is 0 Å². The lowest BCUT2D eigenvalue weighted by atomic mass is 9.72. The Bertz CT molecular complexity index is 878. The second-order valence-electron chi connectivity index (χ2n) is 7.97. The van der Waals surface area contributed by atoms with E-state index < -0.39 is 50.2 Å². The zero-order valence-corrected chi connectivity index (χ0v) is 18.2. The van der Waals surface area contributed by atoms with Crippen molar-refractivity contribution >= 4 is 25.2 Å². The molecule has 1 saturated carbocycles. The molecule has 180 valence electrons. The summed E-state index contributed by atoms with van der Waals surface area (Å²) in [5.41, 5.74) is 0.344. The quantitative estimate of drug-likeness (QED) is 0.356. The fraction of sp³-hybridized carbons (Fsp3) is 0.571. The van der Waals surface area contributed by atoms with Crippen molar-refractivity contribution in [3.05, 3.63) is 29.3 Å². The molecule has 1 aliphatic heterocycles. The third-order valence-electron chi connectivity index (χ3n) is 5.61. The number of nitrogens with one attached hydrogen (secondary N) is 1. The molecule has 1 heterocycles. The van der Waals surface area contributed by atoms with E-state index in [0.29, 0.717) is 5.56 Å². The second-order valence-corrected chi connectivity index (χ2v) is 7.97. The van der Waals surface area contributed by atoms with Gasteiger partial charge in [-0.1, -0.05) is 25.5 Å². The van der Waals surface area contributed by atoms with Crippen molar-refractivity contribution < 1.29 is 47.1 Å². The number of halogens is 2. The van der Waals surface area contributed by atoms with Crippen molar-refractivity contribution in [1.29, 1.82) is 0 Å². The van der Waals surface area contributed by atoms with Crippen molar-refractivity contribution in [1.82, 2.24) is 5.32 Å². The molecule has 1 amide bonds. The minimum Gasteiger partial charge on any atom is -0.534 e. The molecule has 0 spiro atoms. The minimum atomic E-state index is -3.58. The number of benzene rings is 1. The number of para-hydroxylation sites is 1. The van der Waals surface area contributed by atoms with E-state index in [1.807, 2.05) is 0 Å². The summed E-state index contributed by atoms with van der Waals surface area (Å²) in [5, 5.41) is 12.3. The number of carbonyl (C=O) groups is 3. The van der Waals surface area contributed by atoms with Crippen molar-refractivity contribution in [2.45, 2.75) is 69.8 Å². The number of esters is 1. The van der Waals surface area contributed by atoms with Crippen molar-refractivity contribution in [2.75, 3.05) is 6.79 Å².